The summed E-state index contributed by atoms with van der Waals surface area (Å²) in [5, 5.41) is 9.43. The number of aromatic hydroxyl groups is 1. The molecule has 106 valence electrons. The molecule has 1 aromatic carbocycles. The number of benzene rings is 1. The quantitative estimate of drug-likeness (QED) is 0.515. The smallest absolute Gasteiger partial charge is 0.266 e. The van der Waals surface area contributed by atoms with Gasteiger partial charge in [-0.15, -0.1) is 0 Å². The van der Waals surface area contributed by atoms with Crippen LogP contribution in [0.3, 0.4) is 0 Å². The molecule has 0 atom stereocenters. The summed E-state index contributed by atoms with van der Waals surface area (Å²) in [5.74, 6) is 0.0915. The highest BCUT2D eigenvalue weighted by molar-refractivity contribution is 8.26. The van der Waals surface area contributed by atoms with Gasteiger partial charge in [-0.1, -0.05) is 36.1 Å². The summed E-state index contributed by atoms with van der Waals surface area (Å²) >= 11 is 6.51. The first-order valence-corrected chi connectivity index (χ1v) is 7.37. The minimum Gasteiger partial charge on any atom is -0.508 e. The molecule has 1 saturated heterocycles. The lowest BCUT2D eigenvalue weighted by Gasteiger charge is -2.13. The topological polar surface area (TPSA) is 49.8 Å². The van der Waals surface area contributed by atoms with Crippen LogP contribution in [0.4, 0.5) is 0 Å². The van der Waals surface area contributed by atoms with Gasteiger partial charge in [0.1, 0.15) is 10.1 Å². The average Bonchev–Trinajstić information content (AvgIpc) is 2.66. The fourth-order valence-corrected chi connectivity index (χ4v) is 3.13. The summed E-state index contributed by atoms with van der Waals surface area (Å²) in [6.07, 6.45) is 2.50. The largest absolute Gasteiger partial charge is 0.508 e. The number of carbonyl (C=O) groups is 1. The zero-order chi connectivity index (χ0) is 14.5. The number of hydrogen-bond donors (Lipinski definition) is 1. The number of methoxy groups -OCH3 is 1. The van der Waals surface area contributed by atoms with E-state index in [0.717, 1.165) is 12.0 Å². The lowest BCUT2D eigenvalue weighted by Crippen LogP contribution is -2.29. The molecule has 1 N–H and O–H groups in total. The molecule has 4 nitrogen and oxygen atoms in total. The van der Waals surface area contributed by atoms with E-state index in [1.54, 1.807) is 36.3 Å². The monoisotopic (exact) mass is 309 g/mol. The van der Waals surface area contributed by atoms with Crippen molar-refractivity contribution in [2.24, 2.45) is 0 Å². The molecule has 0 radical (unpaired) electrons. The number of ether oxygens (including phenoxy) is 1. The second-order valence-corrected chi connectivity index (χ2v) is 5.95. The predicted molar refractivity (Wildman–Crippen MR) is 84.5 cm³/mol. The highest BCUT2D eigenvalue weighted by Gasteiger charge is 2.31. The van der Waals surface area contributed by atoms with E-state index in [1.807, 2.05) is 6.07 Å². The zero-order valence-corrected chi connectivity index (χ0v) is 12.7. The summed E-state index contributed by atoms with van der Waals surface area (Å²) in [7, 11) is 1.63. The van der Waals surface area contributed by atoms with Crippen molar-refractivity contribution in [3.8, 4) is 5.75 Å². The van der Waals surface area contributed by atoms with Gasteiger partial charge in [-0.25, -0.2) is 0 Å². The van der Waals surface area contributed by atoms with E-state index >= 15 is 0 Å². The number of hydrogen-bond acceptors (Lipinski definition) is 5. The van der Waals surface area contributed by atoms with Gasteiger partial charge >= 0.3 is 0 Å². The summed E-state index contributed by atoms with van der Waals surface area (Å²) in [4.78, 5) is 14.4. The number of nitrogens with zero attached hydrogens (tertiary/aromatic N) is 1. The number of phenols is 1. The molecule has 2 rings (SSSR count). The van der Waals surface area contributed by atoms with Crippen LogP contribution in [0.5, 0.6) is 5.75 Å². The van der Waals surface area contributed by atoms with E-state index in [1.165, 1.54) is 11.8 Å². The Balaban J connectivity index is 2.11. The van der Waals surface area contributed by atoms with Crippen LogP contribution in [0.2, 0.25) is 0 Å². The van der Waals surface area contributed by atoms with Gasteiger partial charge in [-0.2, -0.15) is 0 Å². The van der Waals surface area contributed by atoms with Gasteiger partial charge in [0, 0.05) is 20.3 Å². The molecule has 6 heteroatoms. The van der Waals surface area contributed by atoms with Crippen molar-refractivity contribution in [2.75, 3.05) is 20.3 Å². The van der Waals surface area contributed by atoms with Crippen molar-refractivity contribution >= 4 is 40.3 Å². The highest BCUT2D eigenvalue weighted by atomic mass is 32.2. The molecular weight excluding hydrogens is 294 g/mol. The molecule has 0 unspecified atom stereocenters. The van der Waals surface area contributed by atoms with Gasteiger partial charge in [0.25, 0.3) is 5.91 Å². The fourth-order valence-electron chi connectivity index (χ4n) is 1.83. The molecule has 0 aliphatic carbocycles. The lowest BCUT2D eigenvalue weighted by atomic mass is 10.2. The molecule has 1 aromatic rings. The molecule has 1 aliphatic heterocycles. The van der Waals surface area contributed by atoms with Crippen molar-refractivity contribution in [1.82, 2.24) is 4.90 Å². The Morgan fingerprint density at radius 1 is 1.50 bits per heavy atom. The summed E-state index contributed by atoms with van der Waals surface area (Å²) in [6.45, 7) is 1.17. The van der Waals surface area contributed by atoms with E-state index in [0.29, 0.717) is 22.4 Å². The van der Waals surface area contributed by atoms with Gasteiger partial charge in [0.05, 0.1) is 4.91 Å². The lowest BCUT2D eigenvalue weighted by molar-refractivity contribution is -0.122. The van der Waals surface area contributed by atoms with Crippen LogP contribution < -0.4 is 0 Å². The SMILES string of the molecule is COCCCN1C(=O)/C(=C/c2cccc(O)c2)SC1=S. The van der Waals surface area contributed by atoms with Gasteiger partial charge in [-0.3, -0.25) is 9.69 Å². The van der Waals surface area contributed by atoms with Gasteiger partial charge in [-0.05, 0) is 30.2 Å². The number of thiocarbonyl (C=S) groups is 1. The van der Waals surface area contributed by atoms with Crippen molar-refractivity contribution in [3.05, 3.63) is 34.7 Å². The molecule has 20 heavy (non-hydrogen) atoms. The molecule has 0 spiro atoms. The Morgan fingerprint density at radius 2 is 2.30 bits per heavy atom. The van der Waals surface area contributed by atoms with Crippen molar-refractivity contribution < 1.29 is 14.6 Å². The highest BCUT2D eigenvalue weighted by Crippen LogP contribution is 2.32. The second kappa shape index (κ2) is 6.88. The standard InChI is InChI=1S/C14H15NO3S2/c1-18-7-3-6-15-13(17)12(20-14(15)19)9-10-4-2-5-11(16)8-10/h2,4-5,8-9,16H,3,6-7H2,1H3/b12-9-. The Bertz CT molecular complexity index is 557. The number of rotatable bonds is 5. The Hall–Kier alpha value is -1.37. The van der Waals surface area contributed by atoms with E-state index < -0.39 is 0 Å². The number of phenolic OH excluding ortho intramolecular Hbond substituents is 1. The Labute approximate surface area is 127 Å². The molecule has 0 aromatic heterocycles. The van der Waals surface area contributed by atoms with Crippen LogP contribution in [0.15, 0.2) is 29.2 Å². The molecule has 0 saturated carbocycles. The summed E-state index contributed by atoms with van der Waals surface area (Å²) in [6, 6.07) is 6.77. The van der Waals surface area contributed by atoms with Crippen LogP contribution in [-0.4, -0.2) is 40.5 Å². The molecule has 1 aliphatic rings. The van der Waals surface area contributed by atoms with Crippen molar-refractivity contribution in [2.45, 2.75) is 6.42 Å². The third kappa shape index (κ3) is 3.59. The van der Waals surface area contributed by atoms with Crippen molar-refractivity contribution in [1.29, 1.82) is 0 Å². The normalized spacial score (nSPS) is 17.2. The average molecular weight is 309 g/mol. The first-order valence-electron chi connectivity index (χ1n) is 6.15. The number of carbonyl (C=O) groups excluding carboxylic acids is 1. The van der Waals surface area contributed by atoms with Crippen LogP contribution in [0.25, 0.3) is 6.08 Å². The van der Waals surface area contributed by atoms with Crippen LogP contribution in [0, 0.1) is 0 Å². The van der Waals surface area contributed by atoms with E-state index in [-0.39, 0.29) is 11.7 Å². The van der Waals surface area contributed by atoms with Gasteiger partial charge in [0.15, 0.2) is 0 Å². The third-order valence-corrected chi connectivity index (χ3v) is 4.15. The van der Waals surface area contributed by atoms with E-state index in [4.69, 9.17) is 17.0 Å². The Kier molecular flexibility index (Phi) is 5.17. The predicted octanol–water partition coefficient (Wildman–Crippen LogP) is 2.63. The van der Waals surface area contributed by atoms with E-state index in [9.17, 15) is 9.90 Å². The molecule has 0 bridgehead atoms. The number of amides is 1. The first kappa shape index (κ1) is 15.0. The molecule has 1 fully saturated rings. The first-order chi connectivity index (χ1) is 9.61. The van der Waals surface area contributed by atoms with Crippen LogP contribution in [-0.2, 0) is 9.53 Å². The molecule has 1 amide bonds. The zero-order valence-electron chi connectivity index (χ0n) is 11.0. The Morgan fingerprint density at radius 3 is 3.00 bits per heavy atom. The maximum atomic E-state index is 12.2. The minimum absolute atomic E-state index is 0.0838. The molecule has 1 heterocycles. The van der Waals surface area contributed by atoms with Gasteiger partial charge < -0.3 is 9.84 Å². The van der Waals surface area contributed by atoms with Crippen LogP contribution in [0.1, 0.15) is 12.0 Å². The third-order valence-electron chi connectivity index (χ3n) is 2.77. The second-order valence-electron chi connectivity index (χ2n) is 4.27. The summed E-state index contributed by atoms with van der Waals surface area (Å²) in [5.41, 5.74) is 0.780. The molecular formula is C14H15NO3S2. The fraction of sp³-hybridized carbons (Fsp3) is 0.286. The summed E-state index contributed by atoms with van der Waals surface area (Å²) < 4.78 is 5.54. The van der Waals surface area contributed by atoms with E-state index in [2.05, 4.69) is 0 Å². The number of thioether (sulfide) groups is 1. The van der Waals surface area contributed by atoms with Gasteiger partial charge in [0.2, 0.25) is 0 Å². The van der Waals surface area contributed by atoms with Crippen LogP contribution >= 0.6 is 24.0 Å². The maximum absolute atomic E-state index is 12.2. The van der Waals surface area contributed by atoms with Crippen molar-refractivity contribution in [3.63, 3.8) is 0 Å². The maximum Gasteiger partial charge on any atom is 0.266 e. The minimum atomic E-state index is -0.0838.